The van der Waals surface area contributed by atoms with Crippen LogP contribution in [0.25, 0.3) is 0 Å². The Morgan fingerprint density at radius 1 is 1.17 bits per heavy atom. The summed E-state index contributed by atoms with van der Waals surface area (Å²) in [6, 6.07) is 12.9. The first-order valence-electron chi connectivity index (χ1n) is 10.5. The zero-order valence-corrected chi connectivity index (χ0v) is 18.1. The fourth-order valence-corrected chi connectivity index (χ4v) is 3.77. The van der Waals surface area contributed by atoms with Crippen molar-refractivity contribution in [3.05, 3.63) is 59.2 Å². The van der Waals surface area contributed by atoms with Crippen LogP contribution in [-0.2, 0) is 0 Å². The number of fused-ring (bicyclic) bond motifs is 1. The number of ether oxygens (including phenoxy) is 2. The fraction of sp³-hybridized carbons (Fsp3) is 0.417. The molecule has 2 aromatic carbocycles. The number of amides is 1. The standard InChI is InChI=1S/C24H30N2O4/c1-5-26(6-2)13-12-25-24(28)20-15-18(29-4)14-19-21(27)16(3)22(30-23(19)20)17-10-8-7-9-11-17/h7-11,14-16,22H,5-6,12-13H2,1-4H3,(H,25,28)/t16-,22+/m1/s1. The quantitative estimate of drug-likeness (QED) is 0.718. The highest BCUT2D eigenvalue weighted by Gasteiger charge is 2.37. The van der Waals surface area contributed by atoms with E-state index in [1.807, 2.05) is 37.3 Å². The summed E-state index contributed by atoms with van der Waals surface area (Å²) in [5.74, 6) is 0.0938. The van der Waals surface area contributed by atoms with Gasteiger partial charge in [0.2, 0.25) is 0 Å². The van der Waals surface area contributed by atoms with E-state index in [1.54, 1.807) is 12.1 Å². The van der Waals surface area contributed by atoms with Crippen LogP contribution in [0.1, 0.15) is 53.2 Å². The fourth-order valence-electron chi connectivity index (χ4n) is 3.77. The van der Waals surface area contributed by atoms with Gasteiger partial charge in [0.1, 0.15) is 17.6 Å². The lowest BCUT2D eigenvalue weighted by molar-refractivity contribution is 0.0682. The Hall–Kier alpha value is -2.86. The highest BCUT2D eigenvalue weighted by atomic mass is 16.5. The SMILES string of the molecule is CCN(CC)CCNC(=O)c1cc(OC)cc2c1O[C@H](c1ccccc1)[C@H](C)C2=O. The van der Waals surface area contributed by atoms with Gasteiger partial charge in [-0.05, 0) is 30.8 Å². The molecule has 1 N–H and O–H groups in total. The first kappa shape index (κ1) is 21.8. The Morgan fingerprint density at radius 3 is 2.50 bits per heavy atom. The third-order valence-corrected chi connectivity index (χ3v) is 5.66. The van der Waals surface area contributed by atoms with Crippen LogP contribution in [0, 0.1) is 5.92 Å². The van der Waals surface area contributed by atoms with Crippen LogP contribution in [0.4, 0.5) is 0 Å². The van der Waals surface area contributed by atoms with Crippen LogP contribution in [0.5, 0.6) is 11.5 Å². The second-order valence-corrected chi connectivity index (χ2v) is 7.44. The van der Waals surface area contributed by atoms with Crippen molar-refractivity contribution in [2.24, 2.45) is 5.92 Å². The van der Waals surface area contributed by atoms with Gasteiger partial charge < -0.3 is 19.7 Å². The largest absolute Gasteiger partial charge is 0.497 e. The molecule has 0 bridgehead atoms. The summed E-state index contributed by atoms with van der Waals surface area (Å²) < 4.78 is 11.6. The third-order valence-electron chi connectivity index (χ3n) is 5.66. The molecule has 2 aromatic rings. The van der Waals surface area contributed by atoms with Crippen LogP contribution < -0.4 is 14.8 Å². The number of methoxy groups -OCH3 is 1. The molecule has 0 saturated heterocycles. The van der Waals surface area contributed by atoms with E-state index in [4.69, 9.17) is 9.47 Å². The molecule has 0 fully saturated rings. The average molecular weight is 411 g/mol. The Labute approximate surface area is 178 Å². The van der Waals surface area contributed by atoms with Crippen molar-refractivity contribution in [1.29, 1.82) is 0 Å². The second-order valence-electron chi connectivity index (χ2n) is 7.44. The van der Waals surface area contributed by atoms with Crippen LogP contribution >= 0.6 is 0 Å². The average Bonchev–Trinajstić information content (AvgIpc) is 2.78. The minimum Gasteiger partial charge on any atom is -0.497 e. The molecule has 0 spiro atoms. The van der Waals surface area contributed by atoms with Crippen molar-refractivity contribution in [2.45, 2.75) is 26.9 Å². The van der Waals surface area contributed by atoms with Crippen molar-refractivity contribution >= 4 is 11.7 Å². The number of carbonyl (C=O) groups is 2. The van der Waals surface area contributed by atoms with Gasteiger partial charge in [0.15, 0.2) is 5.78 Å². The molecule has 3 rings (SSSR count). The third kappa shape index (κ3) is 4.49. The zero-order valence-electron chi connectivity index (χ0n) is 18.1. The molecule has 6 heteroatoms. The van der Waals surface area contributed by atoms with Crippen LogP contribution in [-0.4, -0.2) is 49.9 Å². The van der Waals surface area contributed by atoms with Gasteiger partial charge in [0.05, 0.1) is 24.2 Å². The van der Waals surface area contributed by atoms with E-state index in [2.05, 4.69) is 24.1 Å². The van der Waals surface area contributed by atoms with Gasteiger partial charge in [-0.15, -0.1) is 0 Å². The van der Waals surface area contributed by atoms with Crippen LogP contribution in [0.3, 0.4) is 0 Å². The normalized spacial score (nSPS) is 18.0. The van der Waals surface area contributed by atoms with Crippen molar-refractivity contribution in [3.63, 3.8) is 0 Å². The van der Waals surface area contributed by atoms with Gasteiger partial charge in [-0.25, -0.2) is 0 Å². The van der Waals surface area contributed by atoms with Gasteiger partial charge in [-0.2, -0.15) is 0 Å². The molecule has 1 aliphatic heterocycles. The lowest BCUT2D eigenvalue weighted by Crippen LogP contribution is -2.36. The Balaban J connectivity index is 1.92. The minimum atomic E-state index is -0.443. The molecule has 0 aromatic heterocycles. The molecule has 1 amide bonds. The summed E-state index contributed by atoms with van der Waals surface area (Å²) in [6.45, 7) is 9.16. The molecular formula is C24H30N2O4. The topological polar surface area (TPSA) is 67.9 Å². The predicted molar refractivity (Wildman–Crippen MR) is 116 cm³/mol. The molecule has 160 valence electrons. The number of nitrogens with zero attached hydrogens (tertiary/aromatic N) is 1. The summed E-state index contributed by atoms with van der Waals surface area (Å²) in [7, 11) is 1.52. The lowest BCUT2D eigenvalue weighted by atomic mass is 9.86. The van der Waals surface area contributed by atoms with Gasteiger partial charge >= 0.3 is 0 Å². The maximum Gasteiger partial charge on any atom is 0.255 e. The molecule has 30 heavy (non-hydrogen) atoms. The minimum absolute atomic E-state index is 0.0544. The van der Waals surface area contributed by atoms with E-state index in [1.165, 1.54) is 7.11 Å². The maximum absolute atomic E-state index is 13.2. The molecular weight excluding hydrogens is 380 g/mol. The number of hydrogen-bond donors (Lipinski definition) is 1. The van der Waals surface area contributed by atoms with Crippen molar-refractivity contribution in [3.8, 4) is 11.5 Å². The van der Waals surface area contributed by atoms with Gasteiger partial charge in [0, 0.05) is 13.1 Å². The van der Waals surface area contributed by atoms with Gasteiger partial charge in [-0.1, -0.05) is 51.1 Å². The maximum atomic E-state index is 13.2. The van der Waals surface area contributed by atoms with Crippen molar-refractivity contribution < 1.29 is 19.1 Å². The van der Waals surface area contributed by atoms with E-state index >= 15 is 0 Å². The molecule has 1 heterocycles. The van der Waals surface area contributed by atoms with Crippen molar-refractivity contribution in [2.75, 3.05) is 33.3 Å². The van der Waals surface area contributed by atoms with E-state index < -0.39 is 6.10 Å². The van der Waals surface area contributed by atoms with E-state index in [0.717, 1.165) is 25.2 Å². The number of ketones is 1. The molecule has 0 saturated carbocycles. The van der Waals surface area contributed by atoms with Crippen LogP contribution in [0.15, 0.2) is 42.5 Å². The number of nitrogens with one attached hydrogen (secondary N) is 1. The number of benzene rings is 2. The summed E-state index contributed by atoms with van der Waals surface area (Å²) in [5, 5.41) is 2.95. The monoisotopic (exact) mass is 410 g/mol. The highest BCUT2D eigenvalue weighted by Crippen LogP contribution is 2.42. The number of rotatable bonds is 8. The molecule has 0 radical (unpaired) electrons. The number of Topliss-reactive ketones (excluding diaryl/α,β-unsaturated/α-hetero) is 1. The number of carbonyl (C=O) groups excluding carboxylic acids is 2. The predicted octanol–water partition coefficient (Wildman–Crippen LogP) is 3.72. The smallest absolute Gasteiger partial charge is 0.255 e. The summed E-state index contributed by atoms with van der Waals surface area (Å²) in [6.07, 6.45) is -0.443. The number of hydrogen-bond acceptors (Lipinski definition) is 5. The molecule has 0 unspecified atom stereocenters. The second kappa shape index (κ2) is 9.76. The first-order valence-corrected chi connectivity index (χ1v) is 10.5. The van der Waals surface area contributed by atoms with Crippen molar-refractivity contribution in [1.82, 2.24) is 10.2 Å². The Kier molecular flexibility index (Phi) is 7.11. The van der Waals surface area contributed by atoms with Gasteiger partial charge in [-0.3, -0.25) is 9.59 Å². The number of likely N-dealkylation sites (N-methyl/N-ethyl adjacent to an activating group) is 1. The Morgan fingerprint density at radius 2 is 1.87 bits per heavy atom. The first-order chi connectivity index (χ1) is 14.5. The van der Waals surface area contributed by atoms with Crippen LogP contribution in [0.2, 0.25) is 0 Å². The molecule has 2 atom stereocenters. The summed E-state index contributed by atoms with van der Waals surface area (Å²) in [5.41, 5.74) is 1.63. The zero-order chi connectivity index (χ0) is 21.7. The molecule has 1 aliphatic rings. The summed E-state index contributed by atoms with van der Waals surface area (Å²) >= 11 is 0. The van der Waals surface area contributed by atoms with E-state index in [0.29, 0.717) is 29.2 Å². The van der Waals surface area contributed by atoms with E-state index in [9.17, 15) is 9.59 Å². The lowest BCUT2D eigenvalue weighted by Gasteiger charge is -2.32. The Bertz CT molecular complexity index is 894. The van der Waals surface area contributed by atoms with Gasteiger partial charge in [0.25, 0.3) is 5.91 Å². The molecule has 0 aliphatic carbocycles. The highest BCUT2D eigenvalue weighted by molar-refractivity contribution is 6.07. The molecule has 6 nitrogen and oxygen atoms in total. The van der Waals surface area contributed by atoms with E-state index in [-0.39, 0.29) is 17.6 Å². The summed E-state index contributed by atoms with van der Waals surface area (Å²) in [4.78, 5) is 28.4.